The first kappa shape index (κ1) is 7.78. The van der Waals surface area contributed by atoms with Crippen molar-refractivity contribution < 1.29 is 24.7 Å². The molecule has 1 aromatic heterocycles. The zero-order valence-corrected chi connectivity index (χ0v) is 8.12. The first-order valence-electron chi connectivity index (χ1n) is 2.92. The molecule has 0 radical (unpaired) electrons. The predicted octanol–water partition coefficient (Wildman–Crippen LogP) is -1.60. The van der Waals surface area contributed by atoms with Crippen molar-refractivity contribution in [3.63, 3.8) is 0 Å². The monoisotopic (exact) mass is 250 g/mol. The normalized spacial score (nSPS) is 9.80. The van der Waals surface area contributed by atoms with Gasteiger partial charge in [0.2, 0.25) is 0 Å². The third kappa shape index (κ3) is 2.13. The van der Waals surface area contributed by atoms with Gasteiger partial charge in [-0.2, -0.15) is 0 Å². The van der Waals surface area contributed by atoms with E-state index in [-0.39, 0.29) is 21.6 Å². The average molecular weight is 250 g/mol. The van der Waals surface area contributed by atoms with Crippen molar-refractivity contribution in [3.8, 4) is 5.88 Å². The fourth-order valence-electron chi connectivity index (χ4n) is 0.630. The molecule has 56 valence electrons. The van der Waals surface area contributed by atoms with E-state index >= 15 is 0 Å². The van der Waals surface area contributed by atoms with E-state index in [1.807, 2.05) is 19.1 Å². The van der Waals surface area contributed by atoms with Crippen LogP contribution in [0.5, 0.6) is 5.88 Å². The van der Waals surface area contributed by atoms with Gasteiger partial charge in [-0.15, -0.1) is 0 Å². The number of alkyl halides is 1. The molecule has 0 saturated carbocycles. The van der Waals surface area contributed by atoms with Gasteiger partial charge >= 0.3 is 71.3 Å². The summed E-state index contributed by atoms with van der Waals surface area (Å²) in [5.41, 5.74) is 1.20. The summed E-state index contributed by atoms with van der Waals surface area (Å²) in [6.07, 6.45) is 1.77. The molecule has 0 N–H and O–H groups in total. The summed E-state index contributed by atoms with van der Waals surface area (Å²) in [7, 11) is 0. The Bertz CT molecular complexity index is 215. The number of hydrogen-bond acceptors (Lipinski definition) is 2. The van der Waals surface area contributed by atoms with Crippen molar-refractivity contribution >= 4 is 0 Å². The molecule has 0 atom stereocenters. The van der Waals surface area contributed by atoms with Crippen molar-refractivity contribution in [3.05, 3.63) is 23.9 Å². The Morgan fingerprint density at radius 1 is 1.60 bits per heavy atom. The molecule has 0 aliphatic carbocycles. The standard InChI is InChI=1S/C7H9INO/c1-6-3-4-9-7(5-6)10-8-2/h3-5H,1-2H3/q-1. The molecule has 0 bridgehead atoms. The van der Waals surface area contributed by atoms with E-state index in [0.717, 1.165) is 5.88 Å². The maximum absolute atomic E-state index is 5.29. The third-order valence-corrected chi connectivity index (χ3v) is 1.94. The van der Waals surface area contributed by atoms with Gasteiger partial charge in [0.1, 0.15) is 0 Å². The number of aromatic nitrogens is 1. The van der Waals surface area contributed by atoms with Crippen LogP contribution in [0.1, 0.15) is 5.56 Å². The van der Waals surface area contributed by atoms with Crippen LogP contribution < -0.4 is 24.7 Å². The molecule has 10 heavy (non-hydrogen) atoms. The van der Waals surface area contributed by atoms with Crippen LogP contribution in [0.4, 0.5) is 0 Å². The molecule has 1 heterocycles. The van der Waals surface area contributed by atoms with Crippen LogP contribution in [0.15, 0.2) is 18.3 Å². The Morgan fingerprint density at radius 2 is 2.40 bits per heavy atom. The fourth-order valence-corrected chi connectivity index (χ4v) is 1.32. The Balaban J connectivity index is 2.75. The Labute approximate surface area is 71.4 Å². The van der Waals surface area contributed by atoms with Gasteiger partial charge in [0.05, 0.1) is 0 Å². The van der Waals surface area contributed by atoms with Gasteiger partial charge in [-0.25, -0.2) is 0 Å². The fraction of sp³-hybridized carbons (Fsp3) is 0.286. The van der Waals surface area contributed by atoms with Crippen LogP contribution in [-0.2, 0) is 0 Å². The molecular formula is C7H9INO-. The number of pyridine rings is 1. The van der Waals surface area contributed by atoms with E-state index in [4.69, 9.17) is 3.07 Å². The molecule has 0 spiro atoms. The van der Waals surface area contributed by atoms with Gasteiger partial charge < -0.3 is 0 Å². The van der Waals surface area contributed by atoms with Gasteiger partial charge in [-0.3, -0.25) is 0 Å². The zero-order valence-electron chi connectivity index (χ0n) is 5.97. The Kier molecular flexibility index (Phi) is 2.92. The van der Waals surface area contributed by atoms with Crippen molar-refractivity contribution in [1.29, 1.82) is 0 Å². The first-order valence-corrected chi connectivity index (χ1v) is 5.96. The van der Waals surface area contributed by atoms with Crippen LogP contribution in [0, 0.1) is 6.92 Å². The Hall–Kier alpha value is -0.320. The number of nitrogens with zero attached hydrogens (tertiary/aromatic N) is 1. The second-order valence-electron chi connectivity index (χ2n) is 1.90. The van der Waals surface area contributed by atoms with Crippen LogP contribution in [0.25, 0.3) is 0 Å². The number of aryl methyl sites for hydroxylation is 1. The molecule has 1 aromatic rings. The summed E-state index contributed by atoms with van der Waals surface area (Å²) in [5.74, 6) is 0.760. The minimum absolute atomic E-state index is 0.146. The summed E-state index contributed by atoms with van der Waals surface area (Å²) < 4.78 is 5.29. The minimum atomic E-state index is -0.146. The van der Waals surface area contributed by atoms with E-state index in [9.17, 15) is 0 Å². The second-order valence-corrected chi connectivity index (χ2v) is 3.22. The molecule has 0 unspecified atom stereocenters. The molecular weight excluding hydrogens is 241 g/mol. The number of hydrogen-bond donors (Lipinski definition) is 0. The van der Waals surface area contributed by atoms with Crippen LogP contribution >= 0.6 is 0 Å². The molecule has 0 fully saturated rings. The van der Waals surface area contributed by atoms with E-state index in [1.54, 1.807) is 6.20 Å². The van der Waals surface area contributed by atoms with E-state index in [0.29, 0.717) is 0 Å². The average Bonchev–Trinajstić information content (AvgIpc) is 1.88. The van der Waals surface area contributed by atoms with Crippen molar-refractivity contribution in [2.24, 2.45) is 0 Å². The van der Waals surface area contributed by atoms with E-state index < -0.39 is 0 Å². The van der Waals surface area contributed by atoms with Gasteiger partial charge in [0.25, 0.3) is 0 Å². The molecule has 1 rings (SSSR count). The molecule has 0 amide bonds. The number of halogens is 1. The zero-order chi connectivity index (χ0) is 7.40. The Morgan fingerprint density at radius 3 is 3.00 bits per heavy atom. The summed E-state index contributed by atoms with van der Waals surface area (Å²) in [6, 6.07) is 3.91. The quantitative estimate of drug-likeness (QED) is 0.466. The molecule has 0 aliphatic rings. The van der Waals surface area contributed by atoms with Crippen molar-refractivity contribution in [1.82, 2.24) is 4.98 Å². The maximum atomic E-state index is 5.29. The van der Waals surface area contributed by atoms with Gasteiger partial charge in [0.15, 0.2) is 0 Å². The summed E-state index contributed by atoms with van der Waals surface area (Å²) in [6.45, 7) is 2.03. The van der Waals surface area contributed by atoms with Crippen molar-refractivity contribution in [2.75, 3.05) is 4.93 Å². The molecule has 2 nitrogen and oxygen atoms in total. The van der Waals surface area contributed by atoms with Crippen molar-refractivity contribution in [2.45, 2.75) is 6.92 Å². The van der Waals surface area contributed by atoms with Gasteiger partial charge in [0, 0.05) is 0 Å². The summed E-state index contributed by atoms with van der Waals surface area (Å²) >= 11 is -0.146. The van der Waals surface area contributed by atoms with Gasteiger partial charge in [-0.1, -0.05) is 0 Å². The van der Waals surface area contributed by atoms with E-state index in [2.05, 4.69) is 9.91 Å². The molecule has 0 aromatic carbocycles. The predicted molar refractivity (Wildman–Crippen MR) is 35.5 cm³/mol. The topological polar surface area (TPSA) is 22.1 Å². The molecule has 3 heteroatoms. The van der Waals surface area contributed by atoms with Crippen LogP contribution in [0.3, 0.4) is 0 Å². The molecule has 0 aliphatic heterocycles. The third-order valence-electron chi connectivity index (χ3n) is 1.05. The SMILES string of the molecule is C[I-]Oc1cc(C)ccn1. The van der Waals surface area contributed by atoms with Gasteiger partial charge in [-0.05, 0) is 0 Å². The molecule has 0 saturated heterocycles. The van der Waals surface area contributed by atoms with E-state index in [1.165, 1.54) is 5.56 Å². The summed E-state index contributed by atoms with van der Waals surface area (Å²) in [4.78, 5) is 6.09. The summed E-state index contributed by atoms with van der Waals surface area (Å²) in [5, 5.41) is 0. The first-order chi connectivity index (χ1) is 4.83. The number of rotatable bonds is 2. The van der Waals surface area contributed by atoms with Crippen LogP contribution in [-0.4, -0.2) is 9.91 Å². The second kappa shape index (κ2) is 3.75. The van der Waals surface area contributed by atoms with Crippen LogP contribution in [0.2, 0.25) is 0 Å².